The van der Waals surface area contributed by atoms with Crippen molar-refractivity contribution in [3.8, 4) is 0 Å². The van der Waals surface area contributed by atoms with Crippen molar-refractivity contribution in [1.29, 1.82) is 0 Å². The fourth-order valence-corrected chi connectivity index (χ4v) is 5.17. The van der Waals surface area contributed by atoms with Gasteiger partial charge in [0.05, 0.1) is 0 Å². The summed E-state index contributed by atoms with van der Waals surface area (Å²) < 4.78 is 0. The van der Waals surface area contributed by atoms with E-state index in [1.807, 2.05) is 0 Å². The molecule has 0 fully saturated rings. The normalized spacial score (nSPS) is 11.4. The first kappa shape index (κ1) is 42.2. The average Bonchev–Trinajstić information content (AvgIpc) is 2.96. The Kier molecular flexibility index (Phi) is 36.4. The molecule has 0 N–H and O–H groups in total. The molecule has 0 aromatic heterocycles. The lowest BCUT2D eigenvalue weighted by Crippen LogP contribution is -2.32. The molecule has 2 amide bonds. The van der Waals surface area contributed by atoms with Crippen molar-refractivity contribution in [3.63, 3.8) is 0 Å². The molecule has 41 heavy (non-hydrogen) atoms. The minimum absolute atomic E-state index is 0. The maximum atomic E-state index is 12.4. The minimum atomic E-state index is -0.00428. The standard InChI is InChI=1S/C37H69NO2.BrH/c1-4-6-8-10-12-14-16-18-20-22-24-26-28-30-32-34-36(39)38(3)37(40)35-33-31-29-27-25-23-21-19-17-15-13-11-9-7-5-2;/h18-21H,4-17,22-35H2,1-3H3;1H. The predicted molar refractivity (Wildman–Crippen MR) is 187 cm³/mol. The molecule has 0 aromatic carbocycles. The van der Waals surface area contributed by atoms with Crippen molar-refractivity contribution in [2.24, 2.45) is 0 Å². The molecule has 0 rings (SSSR count). The molecule has 0 bridgehead atoms. The Labute approximate surface area is 267 Å². The quantitative estimate of drug-likeness (QED) is 0.0579. The smallest absolute Gasteiger partial charge is 0.228 e. The zero-order valence-electron chi connectivity index (χ0n) is 27.8. The highest BCUT2D eigenvalue weighted by Gasteiger charge is 2.15. The number of imide groups is 1. The second-order valence-electron chi connectivity index (χ2n) is 12.0. The van der Waals surface area contributed by atoms with Crippen LogP contribution in [0.3, 0.4) is 0 Å². The van der Waals surface area contributed by atoms with Gasteiger partial charge in [-0.05, 0) is 64.2 Å². The van der Waals surface area contributed by atoms with Crippen molar-refractivity contribution in [1.82, 2.24) is 4.90 Å². The highest BCUT2D eigenvalue weighted by Crippen LogP contribution is 2.13. The van der Waals surface area contributed by atoms with E-state index in [-0.39, 0.29) is 28.8 Å². The zero-order chi connectivity index (χ0) is 29.4. The number of carbonyl (C=O) groups excluding carboxylic acids is 2. The lowest BCUT2D eigenvalue weighted by molar-refractivity contribution is -0.143. The van der Waals surface area contributed by atoms with Gasteiger partial charge in [0.2, 0.25) is 11.8 Å². The van der Waals surface area contributed by atoms with Gasteiger partial charge in [-0.25, -0.2) is 0 Å². The molecule has 0 aliphatic carbocycles. The van der Waals surface area contributed by atoms with Gasteiger partial charge in [-0.2, -0.15) is 0 Å². The Hall–Kier alpha value is -0.900. The molecular weight excluding hydrogens is 570 g/mol. The maximum absolute atomic E-state index is 12.4. The van der Waals surface area contributed by atoms with Crippen LogP contribution in [0.1, 0.15) is 194 Å². The van der Waals surface area contributed by atoms with E-state index in [9.17, 15) is 9.59 Å². The second-order valence-corrected chi connectivity index (χ2v) is 12.0. The summed E-state index contributed by atoms with van der Waals surface area (Å²) in [5.41, 5.74) is 0. The second kappa shape index (κ2) is 35.3. The Morgan fingerprint density at radius 1 is 0.415 bits per heavy atom. The van der Waals surface area contributed by atoms with Crippen LogP contribution < -0.4 is 0 Å². The molecule has 0 spiro atoms. The summed E-state index contributed by atoms with van der Waals surface area (Å²) in [5, 5.41) is 0. The summed E-state index contributed by atoms with van der Waals surface area (Å²) in [4.78, 5) is 26.1. The molecule has 0 aliphatic rings. The van der Waals surface area contributed by atoms with Crippen LogP contribution in [-0.2, 0) is 9.59 Å². The van der Waals surface area contributed by atoms with Crippen LogP contribution >= 0.6 is 17.0 Å². The number of hydrogen-bond acceptors (Lipinski definition) is 2. The van der Waals surface area contributed by atoms with E-state index in [0.717, 1.165) is 25.7 Å². The molecule has 0 aromatic rings. The monoisotopic (exact) mass is 639 g/mol. The van der Waals surface area contributed by atoms with E-state index >= 15 is 0 Å². The molecule has 0 unspecified atom stereocenters. The van der Waals surface area contributed by atoms with Crippen molar-refractivity contribution in [2.75, 3.05) is 7.05 Å². The number of allylic oxidation sites excluding steroid dienone is 4. The van der Waals surface area contributed by atoms with Crippen LogP contribution in [0.4, 0.5) is 0 Å². The van der Waals surface area contributed by atoms with E-state index in [1.54, 1.807) is 7.05 Å². The van der Waals surface area contributed by atoms with Gasteiger partial charge in [0.25, 0.3) is 0 Å². The average molecular weight is 641 g/mol. The van der Waals surface area contributed by atoms with Gasteiger partial charge in [-0.1, -0.05) is 141 Å². The summed E-state index contributed by atoms with van der Waals surface area (Å²) >= 11 is 0. The minimum Gasteiger partial charge on any atom is -0.286 e. The third-order valence-electron chi connectivity index (χ3n) is 8.05. The fourth-order valence-electron chi connectivity index (χ4n) is 5.17. The summed E-state index contributed by atoms with van der Waals surface area (Å²) in [6.45, 7) is 4.54. The molecule has 3 nitrogen and oxygen atoms in total. The van der Waals surface area contributed by atoms with Gasteiger partial charge in [0.1, 0.15) is 0 Å². The zero-order valence-corrected chi connectivity index (χ0v) is 29.5. The topological polar surface area (TPSA) is 37.4 Å². The Morgan fingerprint density at radius 3 is 0.951 bits per heavy atom. The number of rotatable bonds is 30. The molecule has 242 valence electrons. The lowest BCUT2D eigenvalue weighted by atomic mass is 10.1. The van der Waals surface area contributed by atoms with Crippen molar-refractivity contribution < 1.29 is 9.59 Å². The molecule has 0 saturated heterocycles. The number of hydrogen-bond donors (Lipinski definition) is 0. The fraction of sp³-hybridized carbons (Fsp3) is 0.838. The first-order chi connectivity index (χ1) is 19.6. The van der Waals surface area contributed by atoms with Gasteiger partial charge >= 0.3 is 0 Å². The molecule has 0 radical (unpaired) electrons. The van der Waals surface area contributed by atoms with Crippen LogP contribution in [0.5, 0.6) is 0 Å². The molecule has 4 heteroatoms. The van der Waals surface area contributed by atoms with Gasteiger partial charge < -0.3 is 0 Å². The Balaban J connectivity index is 0. The molecule has 0 heterocycles. The van der Waals surface area contributed by atoms with E-state index in [2.05, 4.69) is 38.2 Å². The molecule has 0 atom stereocenters. The number of carbonyl (C=O) groups is 2. The Bertz CT molecular complexity index is 564. The first-order valence-electron chi connectivity index (χ1n) is 17.7. The molecule has 0 saturated carbocycles. The third-order valence-corrected chi connectivity index (χ3v) is 8.05. The summed E-state index contributed by atoms with van der Waals surface area (Å²) in [5.74, 6) is -0.00857. The SMILES string of the molecule is Br.CCCCCCCCC=CCCCCCCCC(=O)N(C)C(=O)CCCCCCCC=CCCCCCCCC. The van der Waals surface area contributed by atoms with Crippen molar-refractivity contribution in [2.45, 2.75) is 194 Å². The maximum Gasteiger partial charge on any atom is 0.228 e. The van der Waals surface area contributed by atoms with Crippen LogP contribution in [0.2, 0.25) is 0 Å². The van der Waals surface area contributed by atoms with E-state index in [0.29, 0.717) is 12.8 Å². The van der Waals surface area contributed by atoms with Crippen LogP contribution in [0, 0.1) is 0 Å². The van der Waals surface area contributed by atoms with Crippen molar-refractivity contribution in [3.05, 3.63) is 24.3 Å². The van der Waals surface area contributed by atoms with Crippen LogP contribution in [0.15, 0.2) is 24.3 Å². The van der Waals surface area contributed by atoms with E-state index in [1.165, 1.54) is 146 Å². The summed E-state index contributed by atoms with van der Waals surface area (Å²) in [7, 11) is 1.67. The first-order valence-corrected chi connectivity index (χ1v) is 17.7. The highest BCUT2D eigenvalue weighted by atomic mass is 79.9. The van der Waals surface area contributed by atoms with Gasteiger partial charge in [0, 0.05) is 19.9 Å². The molecule has 0 aliphatic heterocycles. The number of halogens is 1. The summed E-state index contributed by atoms with van der Waals surface area (Å²) in [6.07, 6.45) is 43.0. The number of nitrogens with zero attached hydrogens (tertiary/aromatic N) is 1. The lowest BCUT2D eigenvalue weighted by Gasteiger charge is -2.15. The van der Waals surface area contributed by atoms with Gasteiger partial charge in [-0.3, -0.25) is 14.5 Å². The summed E-state index contributed by atoms with van der Waals surface area (Å²) in [6, 6.07) is 0. The van der Waals surface area contributed by atoms with Crippen LogP contribution in [0.25, 0.3) is 0 Å². The van der Waals surface area contributed by atoms with Gasteiger partial charge in [-0.15, -0.1) is 17.0 Å². The van der Waals surface area contributed by atoms with Gasteiger partial charge in [0.15, 0.2) is 0 Å². The highest BCUT2D eigenvalue weighted by molar-refractivity contribution is 8.93. The Morgan fingerprint density at radius 2 is 0.659 bits per heavy atom. The van der Waals surface area contributed by atoms with E-state index < -0.39 is 0 Å². The van der Waals surface area contributed by atoms with Crippen LogP contribution in [-0.4, -0.2) is 23.8 Å². The number of amides is 2. The molecular formula is C37H70BrNO2. The van der Waals surface area contributed by atoms with E-state index in [4.69, 9.17) is 0 Å². The number of unbranched alkanes of at least 4 members (excludes halogenated alkanes) is 22. The predicted octanol–water partition coefficient (Wildman–Crippen LogP) is 12.6. The van der Waals surface area contributed by atoms with Crippen molar-refractivity contribution >= 4 is 28.8 Å². The third kappa shape index (κ3) is 31.9. The largest absolute Gasteiger partial charge is 0.286 e.